The zero-order valence-corrected chi connectivity index (χ0v) is 8.71. The molecule has 0 radical (unpaired) electrons. The number of hydrogen-bond acceptors (Lipinski definition) is 3. The van der Waals surface area contributed by atoms with Gasteiger partial charge in [0, 0.05) is 11.1 Å². The summed E-state index contributed by atoms with van der Waals surface area (Å²) in [5, 5.41) is 0. The Bertz CT molecular complexity index is 450. The smallest absolute Gasteiger partial charge is 0.121 e. The van der Waals surface area contributed by atoms with Crippen molar-refractivity contribution >= 4 is 23.6 Å². The lowest BCUT2D eigenvalue weighted by atomic mass is 10.3. The second-order valence-electron chi connectivity index (χ2n) is 2.71. The molecule has 0 unspecified atom stereocenters. The monoisotopic (exact) mass is 208 g/mol. The van der Waals surface area contributed by atoms with Crippen LogP contribution >= 0.6 is 23.6 Å². The van der Waals surface area contributed by atoms with Crippen molar-refractivity contribution < 1.29 is 0 Å². The maximum atomic E-state index is 4.91. The van der Waals surface area contributed by atoms with Crippen LogP contribution in [0.5, 0.6) is 0 Å². The molecule has 0 amide bonds. The predicted molar refractivity (Wildman–Crippen MR) is 57.5 cm³/mol. The second kappa shape index (κ2) is 3.40. The van der Waals surface area contributed by atoms with Crippen molar-refractivity contribution in [2.24, 2.45) is 0 Å². The summed E-state index contributed by atoms with van der Waals surface area (Å²) < 4.78 is 0.664. The van der Waals surface area contributed by atoms with E-state index in [-0.39, 0.29) is 0 Å². The number of nitrogens with one attached hydrogen (secondary N) is 1. The lowest BCUT2D eigenvalue weighted by Gasteiger charge is -1.93. The molecule has 0 saturated carbocycles. The van der Waals surface area contributed by atoms with Gasteiger partial charge in [0.25, 0.3) is 0 Å². The van der Waals surface area contributed by atoms with E-state index in [1.54, 1.807) is 17.5 Å². The lowest BCUT2D eigenvalue weighted by molar-refractivity contribution is 1.19. The van der Waals surface area contributed by atoms with Crippen molar-refractivity contribution in [3.63, 3.8) is 0 Å². The summed E-state index contributed by atoms with van der Waals surface area (Å²) >= 11 is 6.64. The van der Waals surface area contributed by atoms with Crippen LogP contribution in [0, 0.1) is 11.6 Å². The highest BCUT2D eigenvalue weighted by Crippen LogP contribution is 2.24. The largest absolute Gasteiger partial charge is 0.350 e. The third kappa shape index (κ3) is 1.84. The number of H-pyrrole nitrogens is 1. The number of hydrogen-bond donors (Lipinski definition) is 1. The van der Waals surface area contributed by atoms with Crippen LogP contribution in [0.1, 0.15) is 4.88 Å². The molecular weight excluding hydrogens is 200 g/mol. The first-order valence-electron chi connectivity index (χ1n) is 3.87. The Kier molecular flexibility index (Phi) is 2.24. The normalized spacial score (nSPS) is 10.2. The molecule has 0 atom stereocenters. The molecule has 0 aliphatic rings. The van der Waals surface area contributed by atoms with Gasteiger partial charge in [-0.15, -0.1) is 11.3 Å². The zero-order valence-electron chi connectivity index (χ0n) is 7.07. The van der Waals surface area contributed by atoms with E-state index in [0.717, 1.165) is 5.69 Å². The van der Waals surface area contributed by atoms with Crippen LogP contribution in [0.3, 0.4) is 0 Å². The highest BCUT2D eigenvalue weighted by atomic mass is 32.1. The molecule has 2 rings (SSSR count). The molecule has 13 heavy (non-hydrogen) atoms. The van der Waals surface area contributed by atoms with E-state index in [1.165, 1.54) is 9.75 Å². The molecule has 0 aliphatic heterocycles. The SMILES string of the molecule is Cc1ccc(-c2c[nH]c(=S)cn2)s1. The van der Waals surface area contributed by atoms with Crippen molar-refractivity contribution in [1.82, 2.24) is 9.97 Å². The Balaban J connectivity index is 2.47. The van der Waals surface area contributed by atoms with Crippen LogP contribution in [0.4, 0.5) is 0 Å². The number of aromatic nitrogens is 2. The molecule has 1 N–H and O–H groups in total. The third-order valence-corrected chi connectivity index (χ3v) is 2.91. The molecule has 0 fully saturated rings. The van der Waals surface area contributed by atoms with Gasteiger partial charge in [0.1, 0.15) is 4.64 Å². The quantitative estimate of drug-likeness (QED) is 0.729. The van der Waals surface area contributed by atoms with Crippen molar-refractivity contribution in [3.05, 3.63) is 34.0 Å². The summed E-state index contributed by atoms with van der Waals surface area (Å²) in [6, 6.07) is 4.16. The van der Waals surface area contributed by atoms with E-state index in [4.69, 9.17) is 12.2 Å². The van der Waals surface area contributed by atoms with E-state index < -0.39 is 0 Å². The number of rotatable bonds is 1. The van der Waals surface area contributed by atoms with Crippen molar-refractivity contribution in [2.45, 2.75) is 6.92 Å². The van der Waals surface area contributed by atoms with Crippen LogP contribution in [-0.4, -0.2) is 9.97 Å². The van der Waals surface area contributed by atoms with E-state index in [0.29, 0.717) is 4.64 Å². The topological polar surface area (TPSA) is 28.7 Å². The summed E-state index contributed by atoms with van der Waals surface area (Å²) in [5.41, 5.74) is 0.951. The predicted octanol–water partition coefficient (Wildman–Crippen LogP) is 3.18. The van der Waals surface area contributed by atoms with Crippen molar-refractivity contribution in [1.29, 1.82) is 0 Å². The fourth-order valence-electron chi connectivity index (χ4n) is 1.05. The first-order valence-corrected chi connectivity index (χ1v) is 5.10. The van der Waals surface area contributed by atoms with Gasteiger partial charge in [-0.25, -0.2) is 0 Å². The van der Waals surface area contributed by atoms with Gasteiger partial charge in [-0.1, -0.05) is 12.2 Å². The minimum atomic E-state index is 0.664. The van der Waals surface area contributed by atoms with Crippen molar-refractivity contribution in [2.75, 3.05) is 0 Å². The van der Waals surface area contributed by atoms with Crippen LogP contribution in [0.15, 0.2) is 24.5 Å². The van der Waals surface area contributed by atoms with Gasteiger partial charge >= 0.3 is 0 Å². The van der Waals surface area contributed by atoms with Crippen LogP contribution in [-0.2, 0) is 0 Å². The van der Waals surface area contributed by atoms with Gasteiger partial charge in [0.15, 0.2) is 0 Å². The standard InChI is InChI=1S/C9H8N2S2/c1-6-2-3-8(13-6)7-4-11-9(12)5-10-7/h2-5H,1H3,(H,11,12). The fourth-order valence-corrected chi connectivity index (χ4v) is 2.00. The Morgan fingerprint density at radius 1 is 1.46 bits per heavy atom. The van der Waals surface area contributed by atoms with Gasteiger partial charge < -0.3 is 4.98 Å². The van der Waals surface area contributed by atoms with Crippen LogP contribution in [0.25, 0.3) is 10.6 Å². The third-order valence-electron chi connectivity index (χ3n) is 1.66. The van der Waals surface area contributed by atoms with Gasteiger partial charge in [-0.05, 0) is 19.1 Å². The molecule has 0 bridgehead atoms. The number of thiophene rings is 1. The van der Waals surface area contributed by atoms with E-state index in [9.17, 15) is 0 Å². The molecule has 66 valence electrons. The summed E-state index contributed by atoms with van der Waals surface area (Å²) in [6.45, 7) is 2.08. The minimum absolute atomic E-state index is 0.664. The molecule has 2 aromatic rings. The molecule has 0 aromatic carbocycles. The summed E-state index contributed by atoms with van der Waals surface area (Å²) in [6.07, 6.45) is 3.51. The second-order valence-corrected chi connectivity index (χ2v) is 4.43. The number of nitrogens with zero attached hydrogens (tertiary/aromatic N) is 1. The number of aryl methyl sites for hydroxylation is 1. The molecule has 2 nitrogen and oxygen atoms in total. The Morgan fingerprint density at radius 3 is 2.85 bits per heavy atom. The lowest BCUT2D eigenvalue weighted by Crippen LogP contribution is -1.81. The van der Waals surface area contributed by atoms with Gasteiger partial charge in [0.05, 0.1) is 16.8 Å². The highest BCUT2D eigenvalue weighted by molar-refractivity contribution is 7.71. The van der Waals surface area contributed by atoms with Gasteiger partial charge in [-0.2, -0.15) is 0 Å². The molecule has 2 heterocycles. The fraction of sp³-hybridized carbons (Fsp3) is 0.111. The van der Waals surface area contributed by atoms with E-state index in [1.807, 2.05) is 6.20 Å². The minimum Gasteiger partial charge on any atom is -0.350 e. The molecule has 0 spiro atoms. The maximum absolute atomic E-state index is 4.91. The highest BCUT2D eigenvalue weighted by Gasteiger charge is 2.00. The summed E-state index contributed by atoms with van der Waals surface area (Å²) in [5.74, 6) is 0. The first-order chi connectivity index (χ1) is 6.25. The average molecular weight is 208 g/mol. The number of aromatic amines is 1. The molecule has 0 saturated heterocycles. The Hall–Kier alpha value is -1.00. The molecule has 2 aromatic heterocycles. The molecule has 0 aliphatic carbocycles. The van der Waals surface area contributed by atoms with E-state index in [2.05, 4.69) is 29.0 Å². The van der Waals surface area contributed by atoms with Gasteiger partial charge in [-0.3, -0.25) is 4.98 Å². The molecule has 4 heteroatoms. The van der Waals surface area contributed by atoms with Crippen LogP contribution in [0.2, 0.25) is 0 Å². The Morgan fingerprint density at radius 2 is 2.31 bits per heavy atom. The Labute approximate surface area is 85.3 Å². The summed E-state index contributed by atoms with van der Waals surface area (Å²) in [4.78, 5) is 9.66. The maximum Gasteiger partial charge on any atom is 0.121 e. The van der Waals surface area contributed by atoms with Gasteiger partial charge in [0.2, 0.25) is 0 Å². The first kappa shape index (κ1) is 8.59. The molecular formula is C9H8N2S2. The van der Waals surface area contributed by atoms with Crippen LogP contribution < -0.4 is 0 Å². The van der Waals surface area contributed by atoms with Crippen molar-refractivity contribution in [3.8, 4) is 10.6 Å². The average Bonchev–Trinajstić information content (AvgIpc) is 2.53. The van der Waals surface area contributed by atoms with E-state index >= 15 is 0 Å². The zero-order chi connectivity index (χ0) is 9.26. The summed E-state index contributed by atoms with van der Waals surface area (Å²) in [7, 11) is 0.